The van der Waals surface area contributed by atoms with Crippen molar-refractivity contribution in [1.29, 1.82) is 10.5 Å². The highest BCUT2D eigenvalue weighted by molar-refractivity contribution is 4.98. The summed E-state index contributed by atoms with van der Waals surface area (Å²) in [5, 5.41) is 16.7. The van der Waals surface area contributed by atoms with Crippen LogP contribution in [0.2, 0.25) is 0 Å². The van der Waals surface area contributed by atoms with Crippen LogP contribution in [0.3, 0.4) is 0 Å². The second-order valence-corrected chi connectivity index (χ2v) is 2.16. The average Bonchev–Trinajstić information content (AvgIpc) is 1.99. The van der Waals surface area contributed by atoms with Gasteiger partial charge in [-0.1, -0.05) is 26.2 Å². The highest BCUT2D eigenvalue weighted by atomic mass is 14.3. The summed E-state index contributed by atoms with van der Waals surface area (Å²) in [4.78, 5) is 0. The number of rotatable bonds is 4. The van der Waals surface area contributed by atoms with E-state index in [4.69, 9.17) is 10.5 Å². The molecule has 0 aromatic heterocycles. The zero-order valence-electron chi connectivity index (χ0n) is 6.01. The zero-order valence-corrected chi connectivity index (χ0v) is 6.01. The van der Waals surface area contributed by atoms with Gasteiger partial charge in [-0.05, 0) is 6.42 Å². The van der Waals surface area contributed by atoms with E-state index in [0.717, 1.165) is 19.3 Å². The Kier molecular flexibility index (Phi) is 5.48. The maximum Gasteiger partial charge on any atom is 0.133 e. The van der Waals surface area contributed by atoms with Crippen LogP contribution in [-0.4, -0.2) is 0 Å². The Bertz CT molecular complexity index is 136. The first-order valence-electron chi connectivity index (χ1n) is 3.43. The highest BCUT2D eigenvalue weighted by Gasteiger charge is 2.02. The van der Waals surface area contributed by atoms with E-state index in [-0.39, 0.29) is 0 Å². The van der Waals surface area contributed by atoms with E-state index < -0.39 is 5.92 Å². The topological polar surface area (TPSA) is 47.6 Å². The van der Waals surface area contributed by atoms with E-state index in [0.29, 0.717) is 6.42 Å². The van der Waals surface area contributed by atoms with Gasteiger partial charge in [-0.2, -0.15) is 10.5 Å². The van der Waals surface area contributed by atoms with Gasteiger partial charge in [-0.25, -0.2) is 0 Å². The lowest BCUT2D eigenvalue weighted by Gasteiger charge is -1.96. The lowest BCUT2D eigenvalue weighted by molar-refractivity contribution is 0.637. The van der Waals surface area contributed by atoms with Crippen molar-refractivity contribution in [1.82, 2.24) is 0 Å². The van der Waals surface area contributed by atoms with Gasteiger partial charge in [-0.3, -0.25) is 0 Å². The number of unbranched alkanes of at least 4 members (excludes halogenated alkanes) is 2. The summed E-state index contributed by atoms with van der Waals surface area (Å²) in [5.74, 6) is -0.411. The van der Waals surface area contributed by atoms with Crippen LogP contribution in [-0.2, 0) is 0 Å². The molecule has 0 amide bonds. The molecule has 0 heterocycles. The van der Waals surface area contributed by atoms with Crippen molar-refractivity contribution in [2.75, 3.05) is 0 Å². The second-order valence-electron chi connectivity index (χ2n) is 2.16. The minimum Gasteiger partial charge on any atom is -0.197 e. The normalized spacial score (nSPS) is 8.80. The molecule has 0 saturated heterocycles. The van der Waals surface area contributed by atoms with Crippen molar-refractivity contribution in [2.24, 2.45) is 5.92 Å². The van der Waals surface area contributed by atoms with E-state index in [2.05, 4.69) is 6.92 Å². The van der Waals surface area contributed by atoms with Gasteiger partial charge in [0.15, 0.2) is 0 Å². The molecule has 10 heavy (non-hydrogen) atoms. The molecule has 0 aromatic carbocycles. The first-order chi connectivity index (χ1) is 4.85. The molecule has 0 aliphatic carbocycles. The number of hydrogen-bond donors (Lipinski definition) is 0. The van der Waals surface area contributed by atoms with E-state index >= 15 is 0 Å². The predicted molar refractivity (Wildman–Crippen MR) is 38.5 cm³/mol. The maximum absolute atomic E-state index is 8.34. The van der Waals surface area contributed by atoms with Crippen molar-refractivity contribution in [2.45, 2.75) is 25.7 Å². The van der Waals surface area contributed by atoms with Gasteiger partial charge in [0.2, 0.25) is 0 Å². The Morgan fingerprint density at radius 1 is 1.20 bits per heavy atom. The molecule has 0 saturated carbocycles. The van der Waals surface area contributed by atoms with Crippen molar-refractivity contribution in [3.05, 3.63) is 6.92 Å². The Labute approximate surface area is 62.1 Å². The molecular formula is C8H11N2. The molecular weight excluding hydrogens is 124 g/mol. The largest absolute Gasteiger partial charge is 0.197 e. The van der Waals surface area contributed by atoms with Gasteiger partial charge in [0.1, 0.15) is 5.92 Å². The minimum absolute atomic E-state index is 0.411. The van der Waals surface area contributed by atoms with E-state index in [1.54, 1.807) is 0 Å². The summed E-state index contributed by atoms with van der Waals surface area (Å²) in [5.41, 5.74) is 0. The van der Waals surface area contributed by atoms with Crippen molar-refractivity contribution >= 4 is 0 Å². The lowest BCUT2D eigenvalue weighted by atomic mass is 10.0. The van der Waals surface area contributed by atoms with Crippen LogP contribution in [0.15, 0.2) is 0 Å². The molecule has 0 spiro atoms. The lowest BCUT2D eigenvalue weighted by Crippen LogP contribution is -1.91. The monoisotopic (exact) mass is 135 g/mol. The molecule has 0 rings (SSSR count). The highest BCUT2D eigenvalue weighted by Crippen LogP contribution is 2.06. The summed E-state index contributed by atoms with van der Waals surface area (Å²) < 4.78 is 0. The van der Waals surface area contributed by atoms with Crippen LogP contribution in [0.4, 0.5) is 0 Å². The van der Waals surface area contributed by atoms with Crippen LogP contribution < -0.4 is 0 Å². The third kappa shape index (κ3) is 3.92. The SMILES string of the molecule is [CH2]CCCCC(C#N)C#N. The van der Waals surface area contributed by atoms with Gasteiger partial charge in [0.05, 0.1) is 12.1 Å². The molecule has 2 nitrogen and oxygen atoms in total. The van der Waals surface area contributed by atoms with Crippen LogP contribution >= 0.6 is 0 Å². The molecule has 0 atom stereocenters. The number of nitriles is 2. The molecule has 0 unspecified atom stereocenters. The zero-order chi connectivity index (χ0) is 7.82. The van der Waals surface area contributed by atoms with E-state index in [9.17, 15) is 0 Å². The average molecular weight is 135 g/mol. The smallest absolute Gasteiger partial charge is 0.133 e. The summed E-state index contributed by atoms with van der Waals surface area (Å²) in [7, 11) is 0. The Morgan fingerprint density at radius 2 is 1.80 bits per heavy atom. The molecule has 53 valence electrons. The quantitative estimate of drug-likeness (QED) is 0.554. The Morgan fingerprint density at radius 3 is 2.20 bits per heavy atom. The van der Waals surface area contributed by atoms with Gasteiger partial charge in [-0.15, -0.1) is 0 Å². The fraction of sp³-hybridized carbons (Fsp3) is 0.625. The minimum atomic E-state index is -0.411. The molecule has 0 aromatic rings. The third-order valence-electron chi connectivity index (χ3n) is 1.30. The molecule has 0 aliphatic rings. The Balaban J connectivity index is 3.31. The first-order valence-corrected chi connectivity index (χ1v) is 3.43. The Hall–Kier alpha value is -1.02. The molecule has 0 bridgehead atoms. The van der Waals surface area contributed by atoms with Crippen molar-refractivity contribution in [3.63, 3.8) is 0 Å². The molecule has 0 aliphatic heterocycles. The van der Waals surface area contributed by atoms with Crippen LogP contribution in [0, 0.1) is 35.5 Å². The summed E-state index contributed by atoms with van der Waals surface area (Å²) in [6, 6.07) is 3.86. The van der Waals surface area contributed by atoms with Gasteiger partial charge in [0, 0.05) is 0 Å². The van der Waals surface area contributed by atoms with Crippen molar-refractivity contribution in [3.8, 4) is 12.1 Å². The maximum atomic E-state index is 8.34. The fourth-order valence-corrected chi connectivity index (χ4v) is 0.683. The van der Waals surface area contributed by atoms with Crippen LogP contribution in [0.1, 0.15) is 25.7 Å². The first kappa shape index (κ1) is 8.98. The number of hydrogen-bond acceptors (Lipinski definition) is 2. The predicted octanol–water partition coefficient (Wildman–Crippen LogP) is 2.04. The van der Waals surface area contributed by atoms with Gasteiger partial charge >= 0.3 is 0 Å². The van der Waals surface area contributed by atoms with Crippen LogP contribution in [0.5, 0.6) is 0 Å². The standard InChI is InChI=1S/C8H11N2/c1-2-3-4-5-8(6-9)7-10/h8H,1-5H2. The van der Waals surface area contributed by atoms with E-state index in [1.165, 1.54) is 0 Å². The second kappa shape index (κ2) is 6.11. The summed E-state index contributed by atoms with van der Waals surface area (Å²) >= 11 is 0. The number of nitrogens with zero attached hydrogens (tertiary/aromatic N) is 2. The van der Waals surface area contributed by atoms with E-state index in [1.807, 2.05) is 12.1 Å². The molecule has 0 fully saturated rings. The van der Waals surface area contributed by atoms with Crippen molar-refractivity contribution < 1.29 is 0 Å². The van der Waals surface area contributed by atoms with Gasteiger partial charge in [0.25, 0.3) is 0 Å². The molecule has 2 heteroatoms. The molecule has 0 N–H and O–H groups in total. The summed E-state index contributed by atoms with van der Waals surface area (Å²) in [6.45, 7) is 3.67. The van der Waals surface area contributed by atoms with Gasteiger partial charge < -0.3 is 0 Å². The summed E-state index contributed by atoms with van der Waals surface area (Å²) in [6.07, 6.45) is 3.54. The fourth-order valence-electron chi connectivity index (χ4n) is 0.683. The third-order valence-corrected chi connectivity index (χ3v) is 1.30. The molecule has 1 radical (unpaired) electrons. The van der Waals surface area contributed by atoms with Crippen LogP contribution in [0.25, 0.3) is 0 Å².